The molecular weight excluding hydrogens is 432 g/mol. The molecular formula is C27H27ClN4O. The number of hydrogen-bond acceptors (Lipinski definition) is 3. The van der Waals surface area contributed by atoms with Gasteiger partial charge >= 0.3 is 0 Å². The fourth-order valence-electron chi connectivity index (χ4n) is 3.72. The molecule has 1 amide bonds. The number of aromatic nitrogens is 2. The summed E-state index contributed by atoms with van der Waals surface area (Å²) < 4.78 is 1.77. The third-order valence-electron chi connectivity index (χ3n) is 5.56. The van der Waals surface area contributed by atoms with Crippen molar-refractivity contribution in [3.05, 3.63) is 107 Å². The molecule has 0 spiro atoms. The zero-order valence-electron chi connectivity index (χ0n) is 18.5. The normalized spacial score (nSPS) is 11.8. The lowest BCUT2D eigenvalue weighted by atomic mass is 9.97. The van der Waals surface area contributed by atoms with Crippen LogP contribution in [0.25, 0.3) is 11.1 Å². The third-order valence-corrected chi connectivity index (χ3v) is 5.81. The number of hydrogen-bond donors (Lipinski definition) is 2. The highest BCUT2D eigenvalue weighted by Gasteiger charge is 2.20. The van der Waals surface area contributed by atoms with Crippen LogP contribution < -0.4 is 10.6 Å². The zero-order valence-corrected chi connectivity index (χ0v) is 19.3. The Hall–Kier alpha value is -3.41. The van der Waals surface area contributed by atoms with E-state index in [1.165, 1.54) is 5.56 Å². The number of nitrogens with one attached hydrogen (secondary N) is 2. The Morgan fingerprint density at radius 1 is 0.970 bits per heavy atom. The Kier molecular flexibility index (Phi) is 7.55. The van der Waals surface area contributed by atoms with Gasteiger partial charge in [0.25, 0.3) is 0 Å². The van der Waals surface area contributed by atoms with Crippen molar-refractivity contribution in [2.45, 2.75) is 12.3 Å². The zero-order chi connectivity index (χ0) is 23.0. The molecule has 6 heteroatoms. The van der Waals surface area contributed by atoms with Crippen molar-refractivity contribution in [3.8, 4) is 11.1 Å². The van der Waals surface area contributed by atoms with Crippen LogP contribution in [0.15, 0.2) is 91.3 Å². The average Bonchev–Trinajstić information content (AvgIpc) is 3.27. The molecule has 168 valence electrons. The Balaban J connectivity index is 1.38. The summed E-state index contributed by atoms with van der Waals surface area (Å²) in [5, 5.41) is 11.5. The fraction of sp³-hybridized carbons (Fsp3) is 0.185. The van der Waals surface area contributed by atoms with Crippen molar-refractivity contribution in [3.63, 3.8) is 0 Å². The van der Waals surface area contributed by atoms with Crippen LogP contribution in [0.5, 0.6) is 0 Å². The molecule has 0 fully saturated rings. The van der Waals surface area contributed by atoms with Gasteiger partial charge in [-0.2, -0.15) is 5.10 Å². The molecule has 1 aromatic heterocycles. The molecule has 0 aliphatic carbocycles. The maximum Gasteiger partial charge on any atom is 0.233 e. The van der Waals surface area contributed by atoms with E-state index in [-0.39, 0.29) is 11.8 Å². The second kappa shape index (κ2) is 10.9. The molecule has 0 radical (unpaired) electrons. The molecule has 33 heavy (non-hydrogen) atoms. The van der Waals surface area contributed by atoms with Crippen LogP contribution in [0.4, 0.5) is 5.69 Å². The van der Waals surface area contributed by atoms with Crippen molar-refractivity contribution in [1.82, 2.24) is 15.1 Å². The van der Waals surface area contributed by atoms with Crippen LogP contribution in [0.3, 0.4) is 0 Å². The van der Waals surface area contributed by atoms with Crippen LogP contribution in [0.2, 0.25) is 5.02 Å². The van der Waals surface area contributed by atoms with E-state index in [1.54, 1.807) is 4.68 Å². The summed E-state index contributed by atoms with van der Waals surface area (Å²) in [7, 11) is 1.89. The van der Waals surface area contributed by atoms with Gasteiger partial charge in [0.2, 0.25) is 5.91 Å². The molecule has 5 nitrogen and oxygen atoms in total. The van der Waals surface area contributed by atoms with Crippen molar-refractivity contribution in [1.29, 1.82) is 0 Å². The second-order valence-corrected chi connectivity index (χ2v) is 8.45. The van der Waals surface area contributed by atoms with Crippen molar-refractivity contribution >= 4 is 23.2 Å². The number of aryl methyl sites for hydroxylation is 1. The summed E-state index contributed by atoms with van der Waals surface area (Å²) in [4.78, 5) is 13.2. The van der Waals surface area contributed by atoms with Crippen LogP contribution in [-0.4, -0.2) is 28.8 Å². The van der Waals surface area contributed by atoms with Crippen LogP contribution in [0, 0.1) is 0 Å². The SMILES string of the molecule is Cn1cc(-c2ccc(NC(=O)C(CNCCc3ccc(Cl)cc3)c3ccccc3)cc2)cn1. The van der Waals surface area contributed by atoms with Crippen molar-refractivity contribution in [2.75, 3.05) is 18.4 Å². The summed E-state index contributed by atoms with van der Waals surface area (Å²) >= 11 is 5.96. The minimum atomic E-state index is -0.297. The number of carbonyl (C=O) groups is 1. The highest BCUT2D eigenvalue weighted by Crippen LogP contribution is 2.22. The largest absolute Gasteiger partial charge is 0.326 e. The van der Waals surface area contributed by atoms with Gasteiger partial charge in [0, 0.05) is 36.1 Å². The van der Waals surface area contributed by atoms with E-state index < -0.39 is 0 Å². The summed E-state index contributed by atoms with van der Waals surface area (Å²) in [5.41, 5.74) is 5.07. The summed E-state index contributed by atoms with van der Waals surface area (Å²) in [5.74, 6) is -0.330. The Bertz CT molecular complexity index is 1170. The van der Waals surface area contributed by atoms with Gasteiger partial charge in [-0.15, -0.1) is 0 Å². The fourth-order valence-corrected chi connectivity index (χ4v) is 3.85. The smallest absolute Gasteiger partial charge is 0.233 e. The molecule has 4 rings (SSSR count). The Labute approximate surface area is 199 Å². The van der Waals surface area contributed by atoms with E-state index in [2.05, 4.69) is 15.7 Å². The van der Waals surface area contributed by atoms with E-state index in [1.807, 2.05) is 98.3 Å². The molecule has 2 N–H and O–H groups in total. The molecule has 1 heterocycles. The summed E-state index contributed by atoms with van der Waals surface area (Å²) in [6, 6.07) is 25.6. The van der Waals surface area contributed by atoms with Gasteiger partial charge in [-0.3, -0.25) is 9.48 Å². The highest BCUT2D eigenvalue weighted by molar-refractivity contribution is 6.30. The van der Waals surface area contributed by atoms with Gasteiger partial charge in [0.15, 0.2) is 0 Å². The van der Waals surface area contributed by atoms with Crippen LogP contribution >= 0.6 is 11.6 Å². The lowest BCUT2D eigenvalue weighted by molar-refractivity contribution is -0.117. The van der Waals surface area contributed by atoms with Crippen LogP contribution in [0.1, 0.15) is 17.0 Å². The summed E-state index contributed by atoms with van der Waals surface area (Å²) in [6.45, 7) is 1.33. The van der Waals surface area contributed by atoms with Crippen molar-refractivity contribution in [2.24, 2.45) is 7.05 Å². The predicted molar refractivity (Wildman–Crippen MR) is 134 cm³/mol. The van der Waals surface area contributed by atoms with Gasteiger partial charge in [0.05, 0.1) is 12.1 Å². The summed E-state index contributed by atoms with van der Waals surface area (Å²) in [6.07, 6.45) is 4.67. The maximum atomic E-state index is 13.2. The molecule has 0 aliphatic rings. The number of nitrogens with zero attached hydrogens (tertiary/aromatic N) is 2. The van der Waals surface area contributed by atoms with Gasteiger partial charge in [-0.25, -0.2) is 0 Å². The standard InChI is InChI=1S/C27H27ClN4O/c1-32-19-23(17-30-32)21-9-13-25(14-10-21)31-27(33)26(22-5-3-2-4-6-22)18-29-16-15-20-7-11-24(28)12-8-20/h2-14,17,19,26,29H,15-16,18H2,1H3,(H,31,33). The first-order chi connectivity index (χ1) is 16.1. The minimum Gasteiger partial charge on any atom is -0.326 e. The first kappa shape index (κ1) is 22.8. The minimum absolute atomic E-state index is 0.0330. The maximum absolute atomic E-state index is 13.2. The predicted octanol–water partition coefficient (Wildman–Crippen LogP) is 5.30. The highest BCUT2D eigenvalue weighted by atomic mass is 35.5. The topological polar surface area (TPSA) is 59.0 Å². The average molecular weight is 459 g/mol. The van der Waals surface area contributed by atoms with E-state index >= 15 is 0 Å². The number of rotatable bonds is 9. The Morgan fingerprint density at radius 2 is 1.70 bits per heavy atom. The van der Waals surface area contributed by atoms with E-state index in [0.717, 1.165) is 40.4 Å². The van der Waals surface area contributed by atoms with Crippen molar-refractivity contribution < 1.29 is 4.79 Å². The number of benzene rings is 3. The molecule has 4 aromatic rings. The van der Waals surface area contributed by atoms with E-state index in [4.69, 9.17) is 11.6 Å². The van der Waals surface area contributed by atoms with Gasteiger partial charge in [-0.05, 0) is 53.9 Å². The first-order valence-corrected chi connectivity index (χ1v) is 11.4. The van der Waals surface area contributed by atoms with E-state index in [0.29, 0.717) is 6.54 Å². The Morgan fingerprint density at radius 3 is 2.36 bits per heavy atom. The molecule has 0 aliphatic heterocycles. The molecule has 0 saturated carbocycles. The van der Waals surface area contributed by atoms with Gasteiger partial charge in [-0.1, -0.05) is 66.2 Å². The number of carbonyl (C=O) groups excluding carboxylic acids is 1. The number of halogens is 1. The van der Waals surface area contributed by atoms with Crippen LogP contribution in [-0.2, 0) is 18.3 Å². The molecule has 1 atom stereocenters. The lowest BCUT2D eigenvalue weighted by Gasteiger charge is -2.18. The van der Waals surface area contributed by atoms with Gasteiger partial charge < -0.3 is 10.6 Å². The molecule has 3 aromatic carbocycles. The second-order valence-electron chi connectivity index (χ2n) is 8.01. The van der Waals surface area contributed by atoms with E-state index in [9.17, 15) is 4.79 Å². The first-order valence-electron chi connectivity index (χ1n) is 11.0. The monoisotopic (exact) mass is 458 g/mol. The quantitative estimate of drug-likeness (QED) is 0.335. The lowest BCUT2D eigenvalue weighted by Crippen LogP contribution is -2.31. The third kappa shape index (κ3) is 6.31. The number of anilines is 1. The molecule has 1 unspecified atom stereocenters. The van der Waals surface area contributed by atoms with Gasteiger partial charge in [0.1, 0.15) is 0 Å². The number of amides is 1. The molecule has 0 bridgehead atoms. The molecule has 0 saturated heterocycles.